The monoisotopic (exact) mass is 198 g/mol. The van der Waals surface area contributed by atoms with Gasteiger partial charge in [-0.1, -0.05) is 19.8 Å². The first-order valence-corrected chi connectivity index (χ1v) is 5.94. The van der Waals surface area contributed by atoms with Crippen LogP contribution in [0.25, 0.3) is 0 Å². The highest BCUT2D eigenvalue weighted by Gasteiger charge is 2.21. The van der Waals surface area contributed by atoms with Crippen LogP contribution >= 0.6 is 0 Å². The Balaban J connectivity index is 2.25. The van der Waals surface area contributed by atoms with Crippen molar-refractivity contribution < 1.29 is 0 Å². The van der Waals surface area contributed by atoms with Crippen LogP contribution in [0, 0.1) is 5.92 Å². The van der Waals surface area contributed by atoms with Gasteiger partial charge in [-0.15, -0.1) is 0 Å². The summed E-state index contributed by atoms with van der Waals surface area (Å²) in [6.45, 7) is 4.79. The molecule has 1 saturated carbocycles. The lowest BCUT2D eigenvalue weighted by atomic mass is 9.86. The molecule has 14 heavy (non-hydrogen) atoms. The van der Waals surface area contributed by atoms with Crippen LogP contribution in [0.2, 0.25) is 0 Å². The van der Waals surface area contributed by atoms with E-state index in [4.69, 9.17) is 0 Å². The standard InChI is InChI=1S/C12H26N2/c1-11-6-5-7-12(10-11)14(4)9-8-13(2)3/h11-12H,5-10H2,1-4H3/t11-,12-/m0/s1. The van der Waals surface area contributed by atoms with E-state index in [9.17, 15) is 0 Å². The van der Waals surface area contributed by atoms with Crippen LogP contribution in [0.5, 0.6) is 0 Å². The molecular formula is C12H26N2. The summed E-state index contributed by atoms with van der Waals surface area (Å²) in [6.07, 6.45) is 5.69. The van der Waals surface area contributed by atoms with E-state index in [0.717, 1.165) is 12.0 Å². The van der Waals surface area contributed by atoms with Gasteiger partial charge in [-0.05, 0) is 39.9 Å². The average molecular weight is 198 g/mol. The van der Waals surface area contributed by atoms with Crippen LogP contribution in [0.4, 0.5) is 0 Å². The number of rotatable bonds is 4. The Morgan fingerprint density at radius 2 is 1.79 bits per heavy atom. The van der Waals surface area contributed by atoms with Gasteiger partial charge >= 0.3 is 0 Å². The van der Waals surface area contributed by atoms with Crippen molar-refractivity contribution in [1.82, 2.24) is 9.80 Å². The fraction of sp³-hybridized carbons (Fsp3) is 1.00. The fourth-order valence-electron chi connectivity index (χ4n) is 2.34. The lowest BCUT2D eigenvalue weighted by Gasteiger charge is -2.34. The number of hydrogen-bond acceptors (Lipinski definition) is 2. The first-order chi connectivity index (χ1) is 6.59. The second-order valence-corrected chi connectivity index (χ2v) is 5.21. The summed E-state index contributed by atoms with van der Waals surface area (Å²) in [5.74, 6) is 0.940. The molecule has 2 nitrogen and oxygen atoms in total. The third-order valence-corrected chi connectivity index (χ3v) is 3.43. The molecule has 0 spiro atoms. The zero-order valence-corrected chi connectivity index (χ0v) is 10.3. The van der Waals surface area contributed by atoms with E-state index < -0.39 is 0 Å². The minimum atomic E-state index is 0.846. The largest absolute Gasteiger partial charge is 0.308 e. The number of hydrogen-bond donors (Lipinski definition) is 0. The molecule has 0 aliphatic heterocycles. The molecule has 0 bridgehead atoms. The van der Waals surface area contributed by atoms with E-state index in [2.05, 4.69) is 37.9 Å². The van der Waals surface area contributed by atoms with Crippen LogP contribution < -0.4 is 0 Å². The van der Waals surface area contributed by atoms with Crippen LogP contribution in [0.15, 0.2) is 0 Å². The summed E-state index contributed by atoms with van der Waals surface area (Å²) >= 11 is 0. The van der Waals surface area contributed by atoms with Gasteiger partial charge < -0.3 is 9.80 Å². The summed E-state index contributed by atoms with van der Waals surface area (Å²) in [6, 6.07) is 0.846. The predicted molar refractivity (Wildman–Crippen MR) is 62.6 cm³/mol. The van der Waals surface area contributed by atoms with Crippen LogP contribution in [-0.2, 0) is 0 Å². The summed E-state index contributed by atoms with van der Waals surface area (Å²) in [4.78, 5) is 4.82. The Kier molecular flexibility index (Phi) is 4.90. The summed E-state index contributed by atoms with van der Waals surface area (Å²) < 4.78 is 0. The minimum absolute atomic E-state index is 0.846. The first-order valence-electron chi connectivity index (χ1n) is 5.94. The minimum Gasteiger partial charge on any atom is -0.308 e. The number of nitrogens with zero attached hydrogens (tertiary/aromatic N) is 2. The lowest BCUT2D eigenvalue weighted by molar-refractivity contribution is 0.153. The van der Waals surface area contributed by atoms with Crippen molar-refractivity contribution in [2.45, 2.75) is 38.6 Å². The zero-order valence-electron chi connectivity index (χ0n) is 10.3. The van der Waals surface area contributed by atoms with Crippen molar-refractivity contribution >= 4 is 0 Å². The normalized spacial score (nSPS) is 28.7. The fourth-order valence-corrected chi connectivity index (χ4v) is 2.34. The second kappa shape index (κ2) is 5.72. The highest BCUT2D eigenvalue weighted by atomic mass is 15.2. The highest BCUT2D eigenvalue weighted by molar-refractivity contribution is 4.77. The summed E-state index contributed by atoms with van der Waals surface area (Å²) in [5.41, 5.74) is 0. The van der Waals surface area contributed by atoms with Crippen molar-refractivity contribution in [1.29, 1.82) is 0 Å². The van der Waals surface area contributed by atoms with Gasteiger partial charge in [0.1, 0.15) is 0 Å². The SMILES string of the molecule is C[C@H]1CCC[C@H](N(C)CCN(C)C)C1. The van der Waals surface area contributed by atoms with Gasteiger partial charge in [0, 0.05) is 19.1 Å². The van der Waals surface area contributed by atoms with Gasteiger partial charge in [-0.3, -0.25) is 0 Å². The van der Waals surface area contributed by atoms with Gasteiger partial charge in [0.15, 0.2) is 0 Å². The zero-order chi connectivity index (χ0) is 10.6. The third-order valence-electron chi connectivity index (χ3n) is 3.43. The third kappa shape index (κ3) is 3.97. The first kappa shape index (κ1) is 12.0. The number of likely N-dealkylation sites (N-methyl/N-ethyl adjacent to an activating group) is 2. The molecule has 0 saturated heterocycles. The molecule has 1 fully saturated rings. The summed E-state index contributed by atoms with van der Waals surface area (Å²) in [7, 11) is 6.58. The van der Waals surface area contributed by atoms with Gasteiger partial charge in [-0.25, -0.2) is 0 Å². The lowest BCUT2D eigenvalue weighted by Crippen LogP contribution is -2.39. The van der Waals surface area contributed by atoms with E-state index >= 15 is 0 Å². The average Bonchev–Trinajstić information content (AvgIpc) is 2.14. The molecule has 0 aromatic carbocycles. The summed E-state index contributed by atoms with van der Waals surface area (Å²) in [5, 5.41) is 0. The van der Waals surface area contributed by atoms with E-state index in [1.165, 1.54) is 38.8 Å². The highest BCUT2D eigenvalue weighted by Crippen LogP contribution is 2.26. The van der Waals surface area contributed by atoms with Crippen molar-refractivity contribution in [2.24, 2.45) is 5.92 Å². The van der Waals surface area contributed by atoms with E-state index in [1.807, 2.05) is 0 Å². The van der Waals surface area contributed by atoms with Crippen LogP contribution in [0.1, 0.15) is 32.6 Å². The van der Waals surface area contributed by atoms with E-state index in [-0.39, 0.29) is 0 Å². The van der Waals surface area contributed by atoms with Crippen molar-refractivity contribution in [3.8, 4) is 0 Å². The molecule has 2 heteroatoms. The van der Waals surface area contributed by atoms with E-state index in [1.54, 1.807) is 0 Å². The Hall–Kier alpha value is -0.0800. The molecule has 0 aromatic heterocycles. The Morgan fingerprint density at radius 3 is 2.36 bits per heavy atom. The quantitative estimate of drug-likeness (QED) is 0.682. The molecule has 84 valence electrons. The van der Waals surface area contributed by atoms with Crippen LogP contribution in [0.3, 0.4) is 0 Å². The topological polar surface area (TPSA) is 6.48 Å². The molecule has 1 rings (SSSR count). The van der Waals surface area contributed by atoms with Crippen molar-refractivity contribution in [3.05, 3.63) is 0 Å². The maximum absolute atomic E-state index is 2.55. The maximum atomic E-state index is 2.55. The van der Waals surface area contributed by atoms with Gasteiger partial charge in [0.05, 0.1) is 0 Å². The van der Waals surface area contributed by atoms with Crippen molar-refractivity contribution in [2.75, 3.05) is 34.2 Å². The molecule has 1 aliphatic carbocycles. The molecule has 0 amide bonds. The van der Waals surface area contributed by atoms with E-state index in [0.29, 0.717) is 0 Å². The molecular weight excluding hydrogens is 172 g/mol. The van der Waals surface area contributed by atoms with Crippen LogP contribution in [-0.4, -0.2) is 50.1 Å². The van der Waals surface area contributed by atoms with Gasteiger partial charge in [0.25, 0.3) is 0 Å². The molecule has 2 atom stereocenters. The van der Waals surface area contributed by atoms with Gasteiger partial charge in [0.2, 0.25) is 0 Å². The predicted octanol–water partition coefficient (Wildman–Crippen LogP) is 2.06. The molecule has 0 N–H and O–H groups in total. The van der Waals surface area contributed by atoms with Gasteiger partial charge in [-0.2, -0.15) is 0 Å². The molecule has 0 radical (unpaired) electrons. The Bertz CT molecular complexity index is 156. The van der Waals surface area contributed by atoms with Crippen molar-refractivity contribution in [3.63, 3.8) is 0 Å². The smallest absolute Gasteiger partial charge is 0.0109 e. The maximum Gasteiger partial charge on any atom is 0.0109 e. The molecule has 0 heterocycles. The molecule has 1 aliphatic rings. The Labute approximate surface area is 89.3 Å². The Morgan fingerprint density at radius 1 is 1.07 bits per heavy atom. The molecule has 0 aromatic rings. The second-order valence-electron chi connectivity index (χ2n) is 5.21. The molecule has 0 unspecified atom stereocenters.